The number of para-hydroxylation sites is 4. The van der Waals surface area contributed by atoms with Gasteiger partial charge in [0.2, 0.25) is 0 Å². The molecule has 2 aromatic heterocycles. The Balaban J connectivity index is 0.000000140. The van der Waals surface area contributed by atoms with Gasteiger partial charge in [-0.15, -0.1) is 22.7 Å². The molecule has 2 heterocycles. The number of hydrogen-bond acceptors (Lipinski definition) is 4. The number of thiophene rings is 2. The van der Waals surface area contributed by atoms with Crippen LogP contribution >= 0.6 is 61.8 Å². The maximum absolute atomic E-state index is 6.19. The van der Waals surface area contributed by atoms with Crippen molar-refractivity contribution in [1.82, 2.24) is 0 Å². The maximum Gasteiger partial charge on any atom is 0.0468 e. The van der Waals surface area contributed by atoms with E-state index in [4.69, 9.17) is 23.2 Å². The van der Waals surface area contributed by atoms with Crippen LogP contribution in [0.4, 0.5) is 28.4 Å². The van der Waals surface area contributed by atoms with Crippen LogP contribution in [0.15, 0.2) is 199 Å². The van der Waals surface area contributed by atoms with Crippen molar-refractivity contribution in [1.29, 1.82) is 0 Å². The number of anilines is 5. The van der Waals surface area contributed by atoms with Crippen LogP contribution in [0.2, 0.25) is 10.0 Å². The molecular formula is C49H37BrCl2N2S2. The fraction of sp³-hybridized carbons (Fsp3) is 0.0204. The summed E-state index contributed by atoms with van der Waals surface area (Å²) >= 11 is 19.2. The Morgan fingerprint density at radius 2 is 0.821 bits per heavy atom. The number of nitrogens with zero attached hydrogens (tertiary/aromatic N) is 1. The van der Waals surface area contributed by atoms with Crippen LogP contribution in [0.5, 0.6) is 0 Å². The Kier molecular flexibility index (Phi) is 12.7. The molecule has 0 atom stereocenters. The van der Waals surface area contributed by atoms with Crippen LogP contribution in [0.25, 0.3) is 40.3 Å². The van der Waals surface area contributed by atoms with Crippen molar-refractivity contribution >= 4 is 131 Å². The number of nitrogens with one attached hydrogen (secondary N) is 1. The SMILES string of the molecule is C.Clc1ccc2c(c1)sc1ccc(Br)cc12.Clc1ccc2c(c1)sc1ccc(N(c3ccccc3)c3ccccc3)cc12.c1ccc(Nc2ccccc2)cc1. The van der Waals surface area contributed by atoms with Gasteiger partial charge in [0.15, 0.2) is 0 Å². The van der Waals surface area contributed by atoms with Gasteiger partial charge in [0, 0.05) is 83.3 Å². The third-order valence-corrected chi connectivity index (χ3v) is 12.2. The van der Waals surface area contributed by atoms with E-state index in [-0.39, 0.29) is 7.43 Å². The van der Waals surface area contributed by atoms with Crippen LogP contribution in [0, 0.1) is 0 Å². The monoisotopic (exact) mass is 866 g/mol. The molecule has 1 N–H and O–H groups in total. The van der Waals surface area contributed by atoms with Crippen LogP contribution in [0.3, 0.4) is 0 Å². The summed E-state index contributed by atoms with van der Waals surface area (Å²) < 4.78 is 6.16. The maximum atomic E-state index is 6.19. The Morgan fingerprint density at radius 1 is 0.393 bits per heavy atom. The molecule has 7 heteroatoms. The van der Waals surface area contributed by atoms with Gasteiger partial charge in [0.25, 0.3) is 0 Å². The molecule has 0 fully saturated rings. The Bertz CT molecular complexity index is 2750. The summed E-state index contributed by atoms with van der Waals surface area (Å²) in [5.41, 5.74) is 5.67. The Morgan fingerprint density at radius 3 is 1.30 bits per heavy atom. The summed E-state index contributed by atoms with van der Waals surface area (Å²) in [6.07, 6.45) is 0. The number of rotatable bonds is 5. The minimum atomic E-state index is 0. The fourth-order valence-electron chi connectivity index (χ4n) is 6.41. The molecule has 0 aliphatic heterocycles. The molecule has 8 aromatic carbocycles. The van der Waals surface area contributed by atoms with Crippen LogP contribution in [-0.4, -0.2) is 0 Å². The lowest BCUT2D eigenvalue weighted by Crippen LogP contribution is -2.09. The summed E-state index contributed by atoms with van der Waals surface area (Å²) in [5, 5.41) is 9.97. The van der Waals surface area contributed by atoms with Crippen LogP contribution in [0.1, 0.15) is 7.43 Å². The predicted octanol–water partition coefficient (Wildman–Crippen LogP) is 17.7. The molecule has 56 heavy (non-hydrogen) atoms. The molecule has 0 aliphatic carbocycles. The number of fused-ring (bicyclic) bond motifs is 6. The first-order chi connectivity index (χ1) is 27.0. The van der Waals surface area contributed by atoms with Crippen molar-refractivity contribution in [3.05, 3.63) is 209 Å². The number of halogens is 3. The molecule has 10 aromatic rings. The highest BCUT2D eigenvalue weighted by atomic mass is 79.9. The highest BCUT2D eigenvalue weighted by Crippen LogP contribution is 2.41. The first kappa shape index (κ1) is 39.1. The zero-order chi connectivity index (χ0) is 37.6. The van der Waals surface area contributed by atoms with E-state index in [1.807, 2.05) is 97.1 Å². The predicted molar refractivity (Wildman–Crippen MR) is 254 cm³/mol. The van der Waals surface area contributed by atoms with Crippen LogP contribution in [-0.2, 0) is 0 Å². The second-order valence-corrected chi connectivity index (χ2v) is 16.6. The molecule has 0 unspecified atom stereocenters. The average Bonchev–Trinajstić information content (AvgIpc) is 3.76. The summed E-state index contributed by atoms with van der Waals surface area (Å²) in [5.74, 6) is 0. The van der Waals surface area contributed by atoms with E-state index in [9.17, 15) is 0 Å². The van der Waals surface area contributed by atoms with Gasteiger partial charge in [-0.05, 0) is 109 Å². The zero-order valence-corrected chi connectivity index (χ0v) is 34.1. The van der Waals surface area contributed by atoms with Crippen molar-refractivity contribution in [3.8, 4) is 0 Å². The first-order valence-corrected chi connectivity index (χ1v) is 20.8. The normalized spacial score (nSPS) is 10.6. The van der Waals surface area contributed by atoms with Gasteiger partial charge in [-0.1, -0.05) is 131 Å². The van der Waals surface area contributed by atoms with Crippen molar-refractivity contribution in [2.75, 3.05) is 10.2 Å². The minimum Gasteiger partial charge on any atom is -0.356 e. The van der Waals surface area contributed by atoms with E-state index in [2.05, 4.69) is 123 Å². The van der Waals surface area contributed by atoms with Crippen LogP contribution < -0.4 is 10.2 Å². The van der Waals surface area contributed by atoms with Crippen molar-refractivity contribution in [2.45, 2.75) is 7.43 Å². The van der Waals surface area contributed by atoms with E-state index < -0.39 is 0 Å². The molecule has 0 aliphatic rings. The van der Waals surface area contributed by atoms with Gasteiger partial charge in [-0.2, -0.15) is 0 Å². The lowest BCUT2D eigenvalue weighted by atomic mass is 10.1. The molecule has 0 amide bonds. The molecule has 0 spiro atoms. The third kappa shape index (κ3) is 9.11. The smallest absolute Gasteiger partial charge is 0.0468 e. The molecule has 276 valence electrons. The average molecular weight is 869 g/mol. The third-order valence-electron chi connectivity index (χ3n) is 8.94. The lowest BCUT2D eigenvalue weighted by Gasteiger charge is -2.25. The molecule has 0 radical (unpaired) electrons. The molecular weight excluding hydrogens is 831 g/mol. The first-order valence-electron chi connectivity index (χ1n) is 17.6. The van der Waals surface area contributed by atoms with E-state index in [1.165, 1.54) is 40.3 Å². The molecule has 0 saturated carbocycles. The highest BCUT2D eigenvalue weighted by molar-refractivity contribution is 9.10. The van der Waals surface area contributed by atoms with E-state index in [0.717, 1.165) is 43.0 Å². The number of benzene rings is 8. The molecule has 0 saturated heterocycles. The summed E-state index contributed by atoms with van der Waals surface area (Å²) in [7, 11) is 0. The van der Waals surface area contributed by atoms with Gasteiger partial charge in [0.1, 0.15) is 0 Å². The largest absolute Gasteiger partial charge is 0.356 e. The van der Waals surface area contributed by atoms with E-state index >= 15 is 0 Å². The quantitative estimate of drug-likeness (QED) is 0.185. The Hall–Kier alpha value is -5.14. The van der Waals surface area contributed by atoms with Crippen molar-refractivity contribution < 1.29 is 0 Å². The van der Waals surface area contributed by atoms with Gasteiger partial charge in [-0.3, -0.25) is 0 Å². The fourth-order valence-corrected chi connectivity index (χ4v) is 9.50. The summed E-state index contributed by atoms with van der Waals surface area (Å²) in [6.45, 7) is 0. The van der Waals surface area contributed by atoms with Crippen molar-refractivity contribution in [2.24, 2.45) is 0 Å². The standard InChI is InChI=1S/C24H16ClNS.C12H6BrClS.C12H11N.CH4/c25-17-11-13-21-22-16-20(12-14-23(22)27-24(21)15-17)26(18-7-3-1-4-8-18)19-9-5-2-6-10-19;13-7-1-4-11-10(5-7)9-3-2-8(14)6-12(9)15-11;1-3-7-11(8-4-1)13-12-9-5-2-6-10-12;/h1-16H;1-6H;1-10,13H;1H4. The number of hydrogen-bond donors (Lipinski definition) is 1. The van der Waals surface area contributed by atoms with Gasteiger partial charge < -0.3 is 10.2 Å². The lowest BCUT2D eigenvalue weighted by molar-refractivity contribution is 1.29. The van der Waals surface area contributed by atoms with Gasteiger partial charge in [0.05, 0.1) is 0 Å². The van der Waals surface area contributed by atoms with Crippen molar-refractivity contribution in [3.63, 3.8) is 0 Å². The topological polar surface area (TPSA) is 15.3 Å². The molecule has 10 rings (SSSR count). The highest BCUT2D eigenvalue weighted by Gasteiger charge is 2.14. The summed E-state index contributed by atoms with van der Waals surface area (Å²) in [6, 6.07) is 66.5. The Labute approximate surface area is 354 Å². The van der Waals surface area contributed by atoms with Gasteiger partial charge >= 0.3 is 0 Å². The zero-order valence-electron chi connectivity index (χ0n) is 29.4. The summed E-state index contributed by atoms with van der Waals surface area (Å²) in [4.78, 5) is 2.29. The minimum absolute atomic E-state index is 0. The van der Waals surface area contributed by atoms with E-state index in [1.54, 1.807) is 22.7 Å². The van der Waals surface area contributed by atoms with E-state index in [0.29, 0.717) is 0 Å². The molecule has 2 nitrogen and oxygen atoms in total. The van der Waals surface area contributed by atoms with Gasteiger partial charge in [-0.25, -0.2) is 0 Å². The second kappa shape index (κ2) is 18.2. The second-order valence-electron chi connectivity index (χ2n) is 12.7. The molecule has 0 bridgehead atoms.